The van der Waals surface area contributed by atoms with Gasteiger partial charge in [-0.2, -0.15) is 0 Å². The fourth-order valence-electron chi connectivity index (χ4n) is 3.07. The summed E-state index contributed by atoms with van der Waals surface area (Å²) in [5, 5.41) is 0. The molecule has 0 saturated carbocycles. The van der Waals surface area contributed by atoms with Gasteiger partial charge in [-0.1, -0.05) is 0 Å². The normalized spacial score (nSPS) is 10.1. The van der Waals surface area contributed by atoms with E-state index in [-0.39, 0.29) is 0 Å². The van der Waals surface area contributed by atoms with Crippen molar-refractivity contribution in [1.82, 2.24) is 0 Å². The van der Waals surface area contributed by atoms with Gasteiger partial charge in [-0.3, -0.25) is 9.59 Å². The van der Waals surface area contributed by atoms with E-state index in [1.807, 2.05) is 0 Å². The summed E-state index contributed by atoms with van der Waals surface area (Å²) in [7, 11) is 0. The molecule has 0 spiro atoms. The highest BCUT2D eigenvalue weighted by molar-refractivity contribution is 5.91. The van der Waals surface area contributed by atoms with Crippen LogP contribution >= 0.6 is 0 Å². The lowest BCUT2D eigenvalue weighted by molar-refractivity contribution is -0.121. The average Bonchev–Trinajstić information content (AvgIpc) is 2.92. The van der Waals surface area contributed by atoms with E-state index >= 15 is 0 Å². The Morgan fingerprint density at radius 1 is 0.432 bits per heavy atom. The van der Waals surface area contributed by atoms with Gasteiger partial charge >= 0.3 is 11.9 Å². The molecule has 4 aromatic rings. The van der Waals surface area contributed by atoms with Crippen LogP contribution < -0.4 is 23.7 Å². The molecule has 0 fully saturated rings. The Labute approximate surface area is 210 Å². The van der Waals surface area contributed by atoms with Crippen LogP contribution in [0.2, 0.25) is 0 Å². The molecule has 0 N–H and O–H groups in total. The van der Waals surface area contributed by atoms with Crippen molar-refractivity contribution in [3.05, 3.63) is 108 Å². The van der Waals surface area contributed by atoms with Gasteiger partial charge in [0.1, 0.15) is 34.5 Å². The van der Waals surface area contributed by atoms with Crippen LogP contribution in [0.5, 0.6) is 34.5 Å². The topological polar surface area (TPSA) is 114 Å². The largest absolute Gasteiger partial charge is 0.457 e. The number of ether oxygens (including phenoxy) is 5. The molecule has 0 aromatic heterocycles. The zero-order valence-corrected chi connectivity index (χ0v) is 19.1. The summed E-state index contributed by atoms with van der Waals surface area (Å²) in [5.41, 5.74) is 0.589. The quantitative estimate of drug-likeness (QED) is 0.169. The van der Waals surface area contributed by atoms with Gasteiger partial charge < -0.3 is 23.7 Å². The average molecular weight is 498 g/mol. The second kappa shape index (κ2) is 11.8. The second-order valence-electron chi connectivity index (χ2n) is 7.30. The minimum absolute atomic E-state index is 0.295. The first-order valence-corrected chi connectivity index (χ1v) is 10.8. The van der Waals surface area contributed by atoms with E-state index in [9.17, 15) is 19.2 Å². The van der Waals surface area contributed by atoms with E-state index in [0.29, 0.717) is 58.6 Å². The van der Waals surface area contributed by atoms with Crippen molar-refractivity contribution in [3.63, 3.8) is 0 Å². The van der Waals surface area contributed by atoms with Gasteiger partial charge in [-0.25, -0.2) is 9.59 Å². The molecule has 37 heavy (non-hydrogen) atoms. The molecule has 0 atom stereocenters. The third kappa shape index (κ3) is 6.80. The SMILES string of the molecule is O=COc1ccc(C(=O)Oc2ccc(Oc3ccc(OC(=O)c4ccc(OC=O)cc4)cc3)cc2)cc1. The maximum atomic E-state index is 12.3. The van der Waals surface area contributed by atoms with E-state index < -0.39 is 11.9 Å². The minimum Gasteiger partial charge on any atom is -0.457 e. The Balaban J connectivity index is 1.30. The molecule has 0 saturated heterocycles. The molecule has 0 aliphatic heterocycles. The van der Waals surface area contributed by atoms with Crippen molar-refractivity contribution in [2.75, 3.05) is 0 Å². The third-order valence-corrected chi connectivity index (χ3v) is 4.85. The first kappa shape index (κ1) is 24.7. The smallest absolute Gasteiger partial charge is 0.343 e. The highest BCUT2D eigenvalue weighted by Gasteiger charge is 2.11. The molecule has 0 bridgehead atoms. The molecule has 0 amide bonds. The number of rotatable bonds is 10. The Hall–Kier alpha value is -5.44. The van der Waals surface area contributed by atoms with Gasteiger partial charge in [-0.15, -0.1) is 0 Å². The monoisotopic (exact) mass is 498 g/mol. The van der Waals surface area contributed by atoms with Crippen LogP contribution in [0.1, 0.15) is 20.7 Å². The number of carbonyl (C=O) groups excluding carboxylic acids is 4. The molecule has 9 heteroatoms. The maximum Gasteiger partial charge on any atom is 0.343 e. The van der Waals surface area contributed by atoms with Crippen molar-refractivity contribution < 1.29 is 42.9 Å². The van der Waals surface area contributed by atoms with E-state index in [1.54, 1.807) is 48.5 Å². The number of carbonyl (C=O) groups is 4. The van der Waals surface area contributed by atoms with Gasteiger partial charge in [0.05, 0.1) is 11.1 Å². The summed E-state index contributed by atoms with van der Waals surface area (Å²) in [5.74, 6) is 1.13. The second-order valence-corrected chi connectivity index (χ2v) is 7.30. The molecule has 0 unspecified atom stereocenters. The number of esters is 2. The van der Waals surface area contributed by atoms with Crippen LogP contribution in [0.4, 0.5) is 0 Å². The predicted molar refractivity (Wildman–Crippen MR) is 129 cm³/mol. The van der Waals surface area contributed by atoms with Crippen LogP contribution in [-0.4, -0.2) is 24.9 Å². The Morgan fingerprint density at radius 2 is 0.730 bits per heavy atom. The molecule has 9 nitrogen and oxygen atoms in total. The summed E-state index contributed by atoms with van der Waals surface area (Å²) in [6.45, 7) is 0.604. The van der Waals surface area contributed by atoms with Crippen LogP contribution in [0, 0.1) is 0 Å². The van der Waals surface area contributed by atoms with Crippen LogP contribution in [0.25, 0.3) is 0 Å². The van der Waals surface area contributed by atoms with Crippen molar-refractivity contribution >= 4 is 24.9 Å². The fraction of sp³-hybridized carbons (Fsp3) is 0. The lowest BCUT2D eigenvalue weighted by Gasteiger charge is -2.09. The summed E-state index contributed by atoms with van der Waals surface area (Å²) >= 11 is 0. The third-order valence-electron chi connectivity index (χ3n) is 4.85. The van der Waals surface area contributed by atoms with E-state index in [0.717, 1.165) is 0 Å². The molecule has 4 rings (SSSR count). The van der Waals surface area contributed by atoms with Gasteiger partial charge in [-0.05, 0) is 97.1 Å². The van der Waals surface area contributed by atoms with Crippen molar-refractivity contribution in [3.8, 4) is 34.5 Å². The standard InChI is InChI=1S/C28H18O9/c29-17-33-21-5-1-19(2-6-21)27(31)36-25-13-9-23(10-14-25)35-24-11-15-26(16-12-24)37-28(32)20-3-7-22(8-4-20)34-18-30/h1-18H. The van der Waals surface area contributed by atoms with Crippen LogP contribution in [0.3, 0.4) is 0 Å². The lowest BCUT2D eigenvalue weighted by atomic mass is 10.2. The molecular formula is C28H18O9. The fourth-order valence-corrected chi connectivity index (χ4v) is 3.07. The van der Waals surface area contributed by atoms with E-state index in [4.69, 9.17) is 23.7 Å². The van der Waals surface area contributed by atoms with Crippen molar-refractivity contribution in [2.24, 2.45) is 0 Å². The maximum absolute atomic E-state index is 12.3. The number of hydrogen-bond acceptors (Lipinski definition) is 9. The van der Waals surface area contributed by atoms with Gasteiger partial charge in [0.25, 0.3) is 12.9 Å². The van der Waals surface area contributed by atoms with Crippen LogP contribution in [0.15, 0.2) is 97.1 Å². The Kier molecular flexibility index (Phi) is 7.87. The highest BCUT2D eigenvalue weighted by atomic mass is 16.5. The molecular weight excluding hydrogens is 480 g/mol. The Morgan fingerprint density at radius 3 is 1.05 bits per heavy atom. The lowest BCUT2D eigenvalue weighted by Crippen LogP contribution is -2.08. The van der Waals surface area contributed by atoms with Crippen molar-refractivity contribution in [1.29, 1.82) is 0 Å². The van der Waals surface area contributed by atoms with Gasteiger partial charge in [0.15, 0.2) is 0 Å². The summed E-state index contributed by atoms with van der Waals surface area (Å²) in [6.07, 6.45) is 0. The zero-order chi connectivity index (χ0) is 26.0. The molecule has 0 radical (unpaired) electrons. The van der Waals surface area contributed by atoms with E-state index in [1.165, 1.54) is 48.5 Å². The molecule has 184 valence electrons. The summed E-state index contributed by atoms with van der Waals surface area (Å²) in [6, 6.07) is 24.7. The van der Waals surface area contributed by atoms with Crippen molar-refractivity contribution in [2.45, 2.75) is 0 Å². The minimum atomic E-state index is -0.568. The van der Waals surface area contributed by atoms with Crippen LogP contribution in [-0.2, 0) is 9.59 Å². The molecule has 0 aliphatic rings. The number of hydrogen-bond donors (Lipinski definition) is 0. The molecule has 0 aliphatic carbocycles. The molecule has 4 aromatic carbocycles. The Bertz CT molecular complexity index is 1270. The highest BCUT2D eigenvalue weighted by Crippen LogP contribution is 2.26. The summed E-state index contributed by atoms with van der Waals surface area (Å²) in [4.78, 5) is 45.3. The number of benzene rings is 4. The first-order chi connectivity index (χ1) is 18.0. The van der Waals surface area contributed by atoms with E-state index in [2.05, 4.69) is 0 Å². The van der Waals surface area contributed by atoms with Gasteiger partial charge in [0.2, 0.25) is 0 Å². The first-order valence-electron chi connectivity index (χ1n) is 10.8. The predicted octanol–water partition coefficient (Wildman–Crippen LogP) is 4.99. The molecule has 0 heterocycles. The summed E-state index contributed by atoms with van der Waals surface area (Å²) < 4.78 is 25.8. The zero-order valence-electron chi connectivity index (χ0n) is 19.1. The van der Waals surface area contributed by atoms with Gasteiger partial charge in [0, 0.05) is 0 Å².